The summed E-state index contributed by atoms with van der Waals surface area (Å²) >= 11 is 0. The second kappa shape index (κ2) is 7.41. The number of aliphatic hydroxyl groups is 1. The number of aromatic nitrogens is 1. The van der Waals surface area contributed by atoms with Crippen molar-refractivity contribution in [1.82, 2.24) is 9.29 Å². The smallest absolute Gasteiger partial charge is 0.352 e. The maximum absolute atomic E-state index is 12.0. The number of unbranched alkanes of at least 4 members (excludes halogenated alkanes) is 1. The molecule has 1 aromatic heterocycles. The molecule has 0 saturated heterocycles. The van der Waals surface area contributed by atoms with Crippen LogP contribution in [-0.2, 0) is 16.6 Å². The molecular weight excluding hydrogens is 284 g/mol. The number of hydrogen-bond donors (Lipinski definition) is 3. The normalized spacial score (nSPS) is 11.7. The average Bonchev–Trinajstić information content (AvgIpc) is 2.80. The zero-order chi connectivity index (χ0) is 15.2. The first-order valence-corrected chi connectivity index (χ1v) is 7.94. The van der Waals surface area contributed by atoms with Gasteiger partial charge in [-0.1, -0.05) is 6.92 Å². The summed E-state index contributed by atoms with van der Waals surface area (Å²) in [7, 11) is -3.71. The van der Waals surface area contributed by atoms with Gasteiger partial charge in [0.25, 0.3) is 0 Å². The molecule has 0 atom stereocenters. The van der Waals surface area contributed by atoms with Gasteiger partial charge in [-0.3, -0.25) is 0 Å². The SMILES string of the molecule is CCCn1cc(S(=O)(=O)NCCCCO)cc1C(=O)O. The molecule has 0 fully saturated rings. The maximum Gasteiger partial charge on any atom is 0.352 e. The molecule has 0 unspecified atom stereocenters. The van der Waals surface area contributed by atoms with Gasteiger partial charge in [0.15, 0.2) is 0 Å². The van der Waals surface area contributed by atoms with Crippen LogP contribution in [0.2, 0.25) is 0 Å². The fourth-order valence-electron chi connectivity index (χ4n) is 1.76. The van der Waals surface area contributed by atoms with Crippen LogP contribution in [0.15, 0.2) is 17.2 Å². The monoisotopic (exact) mass is 304 g/mol. The average molecular weight is 304 g/mol. The van der Waals surface area contributed by atoms with Crippen LogP contribution >= 0.6 is 0 Å². The number of carboxylic acids is 1. The fraction of sp³-hybridized carbons (Fsp3) is 0.583. The van der Waals surface area contributed by atoms with Gasteiger partial charge in [-0.2, -0.15) is 0 Å². The lowest BCUT2D eigenvalue weighted by molar-refractivity contribution is 0.0685. The maximum atomic E-state index is 12.0. The van der Waals surface area contributed by atoms with Crippen LogP contribution < -0.4 is 4.72 Å². The van der Waals surface area contributed by atoms with Gasteiger partial charge in [0.1, 0.15) is 10.6 Å². The summed E-state index contributed by atoms with van der Waals surface area (Å²) in [5, 5.41) is 17.7. The second-order valence-corrected chi connectivity index (χ2v) is 6.16. The summed E-state index contributed by atoms with van der Waals surface area (Å²) in [5.74, 6) is -1.15. The number of aromatic carboxylic acids is 1. The van der Waals surface area contributed by atoms with E-state index in [1.165, 1.54) is 10.8 Å². The Morgan fingerprint density at radius 2 is 2.10 bits per heavy atom. The van der Waals surface area contributed by atoms with E-state index < -0.39 is 16.0 Å². The number of rotatable bonds is 9. The molecule has 20 heavy (non-hydrogen) atoms. The summed E-state index contributed by atoms with van der Waals surface area (Å²) in [6.07, 6.45) is 3.08. The first-order chi connectivity index (χ1) is 9.42. The molecule has 0 amide bonds. The van der Waals surface area contributed by atoms with E-state index in [0.717, 1.165) is 6.07 Å². The fourth-order valence-corrected chi connectivity index (χ4v) is 2.87. The van der Waals surface area contributed by atoms with Crippen LogP contribution in [0.5, 0.6) is 0 Å². The molecule has 7 nitrogen and oxygen atoms in total. The summed E-state index contributed by atoms with van der Waals surface area (Å²) in [4.78, 5) is 11.0. The van der Waals surface area contributed by atoms with E-state index in [-0.39, 0.29) is 23.7 Å². The van der Waals surface area contributed by atoms with Crippen molar-refractivity contribution >= 4 is 16.0 Å². The molecule has 8 heteroatoms. The Morgan fingerprint density at radius 3 is 2.65 bits per heavy atom. The number of carbonyl (C=O) groups is 1. The number of nitrogens with zero attached hydrogens (tertiary/aromatic N) is 1. The lowest BCUT2D eigenvalue weighted by atomic mass is 10.3. The number of nitrogens with one attached hydrogen (secondary N) is 1. The minimum absolute atomic E-state index is 0.0117. The Balaban J connectivity index is 2.89. The third kappa shape index (κ3) is 4.32. The Bertz CT molecular complexity index is 550. The van der Waals surface area contributed by atoms with Gasteiger partial charge in [-0.15, -0.1) is 0 Å². The Kier molecular flexibility index (Phi) is 6.18. The predicted octanol–water partition coefficient (Wildman–Crippen LogP) is 0.647. The number of hydrogen-bond acceptors (Lipinski definition) is 4. The summed E-state index contributed by atoms with van der Waals surface area (Å²) in [6, 6.07) is 1.16. The predicted molar refractivity (Wildman–Crippen MR) is 73.2 cm³/mol. The largest absolute Gasteiger partial charge is 0.477 e. The Hall–Kier alpha value is -1.38. The summed E-state index contributed by atoms with van der Waals surface area (Å²) in [5.41, 5.74) is -0.0393. The molecule has 1 aromatic rings. The summed E-state index contributed by atoms with van der Waals surface area (Å²) < 4.78 is 27.8. The van der Waals surface area contributed by atoms with Crippen molar-refractivity contribution in [2.24, 2.45) is 0 Å². The zero-order valence-corrected chi connectivity index (χ0v) is 12.2. The molecule has 0 saturated carbocycles. The van der Waals surface area contributed by atoms with Crippen LogP contribution in [-0.4, -0.2) is 42.3 Å². The van der Waals surface area contributed by atoms with E-state index in [4.69, 9.17) is 10.2 Å². The number of carboxylic acid groups (broad SMARTS) is 1. The molecule has 1 rings (SSSR count). The van der Waals surface area contributed by atoms with E-state index in [0.29, 0.717) is 25.8 Å². The molecule has 114 valence electrons. The second-order valence-electron chi connectivity index (χ2n) is 4.39. The van der Waals surface area contributed by atoms with Gasteiger partial charge in [-0.05, 0) is 25.3 Å². The molecule has 0 aromatic carbocycles. The van der Waals surface area contributed by atoms with Crippen LogP contribution in [0, 0.1) is 0 Å². The summed E-state index contributed by atoms with van der Waals surface area (Å²) in [6.45, 7) is 2.55. The van der Waals surface area contributed by atoms with Crippen molar-refractivity contribution in [3.05, 3.63) is 18.0 Å². The van der Waals surface area contributed by atoms with E-state index in [1.54, 1.807) is 0 Å². The minimum Gasteiger partial charge on any atom is -0.477 e. The van der Waals surface area contributed by atoms with Gasteiger partial charge >= 0.3 is 5.97 Å². The number of aryl methyl sites for hydroxylation is 1. The molecule has 0 aliphatic rings. The minimum atomic E-state index is -3.71. The van der Waals surface area contributed by atoms with E-state index in [2.05, 4.69) is 4.72 Å². The molecule has 0 aliphatic heterocycles. The van der Waals surface area contributed by atoms with Gasteiger partial charge in [0, 0.05) is 25.9 Å². The Morgan fingerprint density at radius 1 is 1.40 bits per heavy atom. The topological polar surface area (TPSA) is 109 Å². The quantitative estimate of drug-likeness (QED) is 0.580. The highest BCUT2D eigenvalue weighted by molar-refractivity contribution is 7.89. The number of sulfonamides is 1. The lowest BCUT2D eigenvalue weighted by Crippen LogP contribution is -2.24. The van der Waals surface area contributed by atoms with Crippen molar-refractivity contribution in [1.29, 1.82) is 0 Å². The number of aliphatic hydroxyl groups excluding tert-OH is 1. The van der Waals surface area contributed by atoms with Gasteiger partial charge in [0.05, 0.1) is 0 Å². The van der Waals surface area contributed by atoms with Gasteiger partial charge in [0.2, 0.25) is 10.0 Å². The standard InChI is InChI=1S/C12H20N2O5S/c1-2-6-14-9-10(8-11(14)12(16)17)20(18,19)13-5-3-4-7-15/h8-9,13,15H,2-7H2,1H3,(H,16,17). The zero-order valence-electron chi connectivity index (χ0n) is 11.4. The van der Waals surface area contributed by atoms with Crippen LogP contribution in [0.4, 0.5) is 0 Å². The highest BCUT2D eigenvalue weighted by atomic mass is 32.2. The van der Waals surface area contributed by atoms with Crippen LogP contribution in [0.25, 0.3) is 0 Å². The molecule has 1 heterocycles. The molecular formula is C12H20N2O5S. The molecule has 3 N–H and O–H groups in total. The highest BCUT2D eigenvalue weighted by Crippen LogP contribution is 2.15. The van der Waals surface area contributed by atoms with Crippen molar-refractivity contribution in [2.75, 3.05) is 13.2 Å². The third-order valence-electron chi connectivity index (χ3n) is 2.74. The Labute approximate surface area is 118 Å². The van der Waals surface area contributed by atoms with E-state index in [9.17, 15) is 13.2 Å². The molecule has 0 spiro atoms. The van der Waals surface area contributed by atoms with Crippen molar-refractivity contribution in [2.45, 2.75) is 37.6 Å². The molecule has 0 bridgehead atoms. The first kappa shape index (κ1) is 16.7. The van der Waals surface area contributed by atoms with Crippen molar-refractivity contribution < 1.29 is 23.4 Å². The van der Waals surface area contributed by atoms with Gasteiger partial charge in [-0.25, -0.2) is 17.9 Å². The lowest BCUT2D eigenvalue weighted by Gasteiger charge is -2.04. The van der Waals surface area contributed by atoms with Gasteiger partial charge < -0.3 is 14.8 Å². The van der Waals surface area contributed by atoms with Crippen LogP contribution in [0.3, 0.4) is 0 Å². The van der Waals surface area contributed by atoms with Crippen LogP contribution in [0.1, 0.15) is 36.7 Å². The first-order valence-electron chi connectivity index (χ1n) is 6.46. The van der Waals surface area contributed by atoms with Crippen molar-refractivity contribution in [3.8, 4) is 0 Å². The third-order valence-corrected chi connectivity index (χ3v) is 4.17. The highest BCUT2D eigenvalue weighted by Gasteiger charge is 2.20. The van der Waals surface area contributed by atoms with E-state index >= 15 is 0 Å². The van der Waals surface area contributed by atoms with E-state index in [1.807, 2.05) is 6.92 Å². The molecule has 0 aliphatic carbocycles. The van der Waals surface area contributed by atoms with Crippen molar-refractivity contribution in [3.63, 3.8) is 0 Å². The molecule has 0 radical (unpaired) electrons.